The highest BCUT2D eigenvalue weighted by atomic mass is 79.9. The second-order valence-corrected chi connectivity index (χ2v) is 6.90. The van der Waals surface area contributed by atoms with Crippen LogP contribution >= 0.6 is 27.5 Å². The first-order chi connectivity index (χ1) is 9.47. The summed E-state index contributed by atoms with van der Waals surface area (Å²) < 4.78 is 0.877. The minimum atomic E-state index is -0.0921. The molecule has 0 bridgehead atoms. The van der Waals surface area contributed by atoms with Gasteiger partial charge < -0.3 is 10.2 Å². The molecule has 1 amide bonds. The fourth-order valence-electron chi connectivity index (χ4n) is 2.50. The molecule has 0 spiro atoms. The Bertz CT molecular complexity index is 493. The van der Waals surface area contributed by atoms with Gasteiger partial charge in [0.2, 0.25) is 0 Å². The van der Waals surface area contributed by atoms with Gasteiger partial charge in [-0.3, -0.25) is 4.79 Å². The highest BCUT2D eigenvalue weighted by Gasteiger charge is 2.24. The summed E-state index contributed by atoms with van der Waals surface area (Å²) >= 11 is 9.42. The van der Waals surface area contributed by atoms with Crippen LogP contribution in [-0.2, 0) is 0 Å². The maximum absolute atomic E-state index is 12.1. The SMILES string of the molecule is CC(C)N1CC[C@@H](CNC(=O)c2ccc(Br)cc2Cl)C1. The lowest BCUT2D eigenvalue weighted by Gasteiger charge is -2.20. The highest BCUT2D eigenvalue weighted by Crippen LogP contribution is 2.22. The molecule has 0 saturated carbocycles. The molecule has 5 heteroatoms. The summed E-state index contributed by atoms with van der Waals surface area (Å²) in [5.74, 6) is 0.445. The van der Waals surface area contributed by atoms with Gasteiger partial charge in [0.25, 0.3) is 5.91 Å². The summed E-state index contributed by atoms with van der Waals surface area (Å²) in [6.45, 7) is 7.32. The van der Waals surface area contributed by atoms with Crippen LogP contribution in [-0.4, -0.2) is 36.5 Å². The van der Waals surface area contributed by atoms with Crippen molar-refractivity contribution in [2.24, 2.45) is 5.92 Å². The summed E-state index contributed by atoms with van der Waals surface area (Å²) in [6, 6.07) is 5.90. The molecule has 1 aromatic carbocycles. The van der Waals surface area contributed by atoms with E-state index in [0.717, 1.165) is 24.0 Å². The molecule has 1 saturated heterocycles. The van der Waals surface area contributed by atoms with Crippen LogP contribution in [0.25, 0.3) is 0 Å². The number of carbonyl (C=O) groups is 1. The molecular weight excluding hydrogens is 340 g/mol. The quantitative estimate of drug-likeness (QED) is 0.891. The third-order valence-corrected chi connectivity index (χ3v) is 4.58. The summed E-state index contributed by atoms with van der Waals surface area (Å²) in [6.07, 6.45) is 1.15. The van der Waals surface area contributed by atoms with Gasteiger partial charge in [-0.15, -0.1) is 0 Å². The second-order valence-electron chi connectivity index (χ2n) is 5.58. The van der Waals surface area contributed by atoms with Gasteiger partial charge in [0.1, 0.15) is 0 Å². The zero-order valence-corrected chi connectivity index (χ0v) is 14.2. The largest absolute Gasteiger partial charge is 0.352 e. The fraction of sp³-hybridized carbons (Fsp3) is 0.533. The lowest BCUT2D eigenvalue weighted by atomic mass is 10.1. The van der Waals surface area contributed by atoms with Gasteiger partial charge in [0.15, 0.2) is 0 Å². The summed E-state index contributed by atoms with van der Waals surface area (Å²) in [4.78, 5) is 14.6. The third kappa shape index (κ3) is 3.96. The van der Waals surface area contributed by atoms with Gasteiger partial charge in [-0.05, 0) is 50.9 Å². The van der Waals surface area contributed by atoms with E-state index in [-0.39, 0.29) is 5.91 Å². The molecule has 1 aromatic rings. The summed E-state index contributed by atoms with van der Waals surface area (Å²) in [5.41, 5.74) is 0.536. The van der Waals surface area contributed by atoms with E-state index in [0.29, 0.717) is 29.1 Å². The van der Waals surface area contributed by atoms with Crippen molar-refractivity contribution >= 4 is 33.4 Å². The topological polar surface area (TPSA) is 32.3 Å². The van der Waals surface area contributed by atoms with Crippen molar-refractivity contribution in [1.82, 2.24) is 10.2 Å². The number of nitrogens with zero attached hydrogens (tertiary/aromatic N) is 1. The first-order valence-electron chi connectivity index (χ1n) is 6.94. The van der Waals surface area contributed by atoms with E-state index in [2.05, 4.69) is 40.0 Å². The molecule has 1 heterocycles. The van der Waals surface area contributed by atoms with Crippen molar-refractivity contribution in [3.05, 3.63) is 33.3 Å². The molecule has 1 aliphatic heterocycles. The van der Waals surface area contributed by atoms with Crippen LogP contribution in [0.2, 0.25) is 5.02 Å². The molecule has 0 aliphatic carbocycles. The number of halogens is 2. The van der Waals surface area contributed by atoms with Crippen molar-refractivity contribution in [2.45, 2.75) is 26.3 Å². The van der Waals surface area contributed by atoms with E-state index < -0.39 is 0 Å². The van der Waals surface area contributed by atoms with Gasteiger partial charge >= 0.3 is 0 Å². The molecule has 1 aliphatic rings. The molecule has 0 unspecified atom stereocenters. The van der Waals surface area contributed by atoms with Gasteiger partial charge in [0, 0.05) is 23.6 Å². The zero-order chi connectivity index (χ0) is 14.7. The number of likely N-dealkylation sites (tertiary alicyclic amines) is 1. The Balaban J connectivity index is 1.87. The van der Waals surface area contributed by atoms with E-state index in [9.17, 15) is 4.79 Å². The van der Waals surface area contributed by atoms with Gasteiger partial charge in [-0.25, -0.2) is 0 Å². The van der Waals surface area contributed by atoms with E-state index in [1.807, 2.05) is 6.07 Å². The standard InChI is InChI=1S/C15H20BrClN2O/c1-10(2)19-6-5-11(9-19)8-18-15(20)13-4-3-12(16)7-14(13)17/h3-4,7,10-11H,5-6,8-9H2,1-2H3,(H,18,20)/t11-/m0/s1. The molecule has 1 fully saturated rings. The lowest BCUT2D eigenvalue weighted by molar-refractivity contribution is 0.0947. The van der Waals surface area contributed by atoms with E-state index in [1.165, 1.54) is 0 Å². The van der Waals surface area contributed by atoms with E-state index in [4.69, 9.17) is 11.6 Å². The molecule has 20 heavy (non-hydrogen) atoms. The zero-order valence-electron chi connectivity index (χ0n) is 11.8. The Labute approximate surface area is 133 Å². The minimum absolute atomic E-state index is 0.0921. The summed E-state index contributed by atoms with van der Waals surface area (Å²) in [7, 11) is 0. The Morgan fingerprint density at radius 2 is 2.30 bits per heavy atom. The summed E-state index contributed by atoms with van der Waals surface area (Å²) in [5, 5.41) is 3.47. The Morgan fingerprint density at radius 3 is 2.90 bits per heavy atom. The van der Waals surface area contributed by atoms with Crippen LogP contribution < -0.4 is 5.32 Å². The number of hydrogen-bond acceptors (Lipinski definition) is 2. The second kappa shape index (κ2) is 6.92. The molecule has 0 aromatic heterocycles. The van der Waals surface area contributed by atoms with E-state index in [1.54, 1.807) is 12.1 Å². The Morgan fingerprint density at radius 1 is 1.55 bits per heavy atom. The molecular formula is C15H20BrClN2O. The van der Waals surface area contributed by atoms with Gasteiger partial charge in [-0.1, -0.05) is 27.5 Å². The fourth-order valence-corrected chi connectivity index (χ4v) is 3.26. The highest BCUT2D eigenvalue weighted by molar-refractivity contribution is 9.10. The van der Waals surface area contributed by atoms with Crippen molar-refractivity contribution in [3.63, 3.8) is 0 Å². The first kappa shape index (κ1) is 15.8. The van der Waals surface area contributed by atoms with Crippen LogP contribution in [0.1, 0.15) is 30.6 Å². The van der Waals surface area contributed by atoms with Crippen LogP contribution in [0.15, 0.2) is 22.7 Å². The van der Waals surface area contributed by atoms with Crippen molar-refractivity contribution in [1.29, 1.82) is 0 Å². The Kier molecular flexibility index (Phi) is 5.47. The van der Waals surface area contributed by atoms with Crippen LogP contribution in [0, 0.1) is 5.92 Å². The number of benzene rings is 1. The Hall–Kier alpha value is -0.580. The van der Waals surface area contributed by atoms with Crippen LogP contribution in [0.3, 0.4) is 0 Å². The number of amides is 1. The molecule has 110 valence electrons. The number of carbonyl (C=O) groups excluding carboxylic acids is 1. The van der Waals surface area contributed by atoms with Gasteiger partial charge in [-0.2, -0.15) is 0 Å². The third-order valence-electron chi connectivity index (χ3n) is 3.77. The number of hydrogen-bond donors (Lipinski definition) is 1. The van der Waals surface area contributed by atoms with Gasteiger partial charge in [0.05, 0.1) is 10.6 Å². The predicted molar refractivity (Wildman–Crippen MR) is 86.3 cm³/mol. The molecule has 1 atom stereocenters. The molecule has 2 rings (SSSR count). The number of rotatable bonds is 4. The molecule has 0 radical (unpaired) electrons. The lowest BCUT2D eigenvalue weighted by Crippen LogP contribution is -2.33. The maximum Gasteiger partial charge on any atom is 0.252 e. The smallest absolute Gasteiger partial charge is 0.252 e. The van der Waals surface area contributed by atoms with Crippen molar-refractivity contribution in [3.8, 4) is 0 Å². The average Bonchev–Trinajstić information content (AvgIpc) is 2.85. The normalized spacial score (nSPS) is 19.6. The first-order valence-corrected chi connectivity index (χ1v) is 8.11. The molecule has 3 nitrogen and oxygen atoms in total. The van der Waals surface area contributed by atoms with Crippen molar-refractivity contribution < 1.29 is 4.79 Å². The van der Waals surface area contributed by atoms with Crippen molar-refractivity contribution in [2.75, 3.05) is 19.6 Å². The van der Waals surface area contributed by atoms with E-state index >= 15 is 0 Å². The van der Waals surface area contributed by atoms with Crippen LogP contribution in [0.4, 0.5) is 0 Å². The maximum atomic E-state index is 12.1. The predicted octanol–water partition coefficient (Wildman–Crippen LogP) is 3.56. The molecule has 1 N–H and O–H groups in total. The monoisotopic (exact) mass is 358 g/mol. The average molecular weight is 360 g/mol. The van der Waals surface area contributed by atoms with Crippen LogP contribution in [0.5, 0.6) is 0 Å². The number of nitrogens with one attached hydrogen (secondary N) is 1. The minimum Gasteiger partial charge on any atom is -0.352 e.